The molecule has 0 atom stereocenters. The van der Waals surface area contributed by atoms with Gasteiger partial charge in [-0.3, -0.25) is 0 Å². The van der Waals surface area contributed by atoms with E-state index >= 15 is 0 Å². The second kappa shape index (κ2) is 5.61. The van der Waals surface area contributed by atoms with Crippen LogP contribution >= 0.6 is 0 Å². The fraction of sp³-hybridized carbons (Fsp3) is 0.133. The average Bonchev–Trinajstić information content (AvgIpc) is 2.46. The van der Waals surface area contributed by atoms with Crippen molar-refractivity contribution < 1.29 is 23.8 Å². The zero-order valence-corrected chi connectivity index (χ0v) is 11.0. The number of hydrogen-bond donors (Lipinski definition) is 1. The second-order valence-corrected chi connectivity index (χ2v) is 4.06. The first-order chi connectivity index (χ1) is 9.56. The van der Waals surface area contributed by atoms with Gasteiger partial charge in [0.25, 0.3) is 0 Å². The highest BCUT2D eigenvalue weighted by atomic mass is 19.1. The molecule has 0 amide bonds. The van der Waals surface area contributed by atoms with E-state index in [1.165, 1.54) is 26.4 Å². The lowest BCUT2D eigenvalue weighted by Gasteiger charge is -2.11. The number of carbonyl (C=O) groups is 1. The smallest absolute Gasteiger partial charge is 0.336 e. The predicted molar refractivity (Wildman–Crippen MR) is 71.9 cm³/mol. The minimum absolute atomic E-state index is 0.0998. The van der Waals surface area contributed by atoms with E-state index < -0.39 is 11.8 Å². The van der Waals surface area contributed by atoms with Crippen molar-refractivity contribution in [3.8, 4) is 22.6 Å². The van der Waals surface area contributed by atoms with Crippen LogP contribution in [0.1, 0.15) is 10.4 Å². The van der Waals surface area contributed by atoms with E-state index in [2.05, 4.69) is 0 Å². The normalized spacial score (nSPS) is 10.2. The molecule has 0 unspecified atom stereocenters. The summed E-state index contributed by atoms with van der Waals surface area (Å²) in [5, 5.41) is 9.16. The van der Waals surface area contributed by atoms with Gasteiger partial charge in [-0.2, -0.15) is 0 Å². The maximum absolute atomic E-state index is 13.2. The Hall–Kier alpha value is -2.56. The summed E-state index contributed by atoms with van der Waals surface area (Å²) in [5.74, 6) is -0.762. The molecule has 0 aromatic heterocycles. The Morgan fingerprint density at radius 2 is 1.75 bits per heavy atom. The Bertz CT molecular complexity index is 652. The van der Waals surface area contributed by atoms with E-state index in [0.717, 1.165) is 6.07 Å². The zero-order chi connectivity index (χ0) is 14.7. The lowest BCUT2D eigenvalue weighted by molar-refractivity contribution is 0.0697. The molecule has 0 radical (unpaired) electrons. The highest BCUT2D eigenvalue weighted by molar-refractivity contribution is 5.96. The van der Waals surface area contributed by atoms with Crippen molar-refractivity contribution in [2.24, 2.45) is 0 Å². The molecule has 0 heterocycles. The summed E-state index contributed by atoms with van der Waals surface area (Å²) in [6.45, 7) is 0. The average molecular weight is 276 g/mol. The van der Waals surface area contributed by atoms with Gasteiger partial charge in [-0.25, -0.2) is 9.18 Å². The lowest BCUT2D eigenvalue weighted by atomic mass is 9.99. The Kier molecular flexibility index (Phi) is 3.89. The first kappa shape index (κ1) is 13.9. The molecule has 104 valence electrons. The molecule has 1 N–H and O–H groups in total. The quantitative estimate of drug-likeness (QED) is 0.931. The number of carboxylic acids is 1. The van der Waals surface area contributed by atoms with Gasteiger partial charge >= 0.3 is 5.97 Å². The van der Waals surface area contributed by atoms with Crippen molar-refractivity contribution in [3.63, 3.8) is 0 Å². The van der Waals surface area contributed by atoms with Gasteiger partial charge in [0.15, 0.2) is 11.5 Å². The number of rotatable bonds is 4. The lowest BCUT2D eigenvalue weighted by Crippen LogP contribution is -2.01. The van der Waals surface area contributed by atoms with Crippen molar-refractivity contribution >= 4 is 5.97 Å². The third-order valence-corrected chi connectivity index (χ3v) is 2.91. The Balaban J connectivity index is 2.59. The van der Waals surface area contributed by atoms with Crippen LogP contribution in [0.15, 0.2) is 36.4 Å². The van der Waals surface area contributed by atoms with Crippen LogP contribution in [0.5, 0.6) is 11.5 Å². The van der Waals surface area contributed by atoms with Gasteiger partial charge in [-0.05, 0) is 35.4 Å². The van der Waals surface area contributed by atoms with Gasteiger partial charge in [0.05, 0.1) is 19.8 Å². The van der Waals surface area contributed by atoms with Gasteiger partial charge in [0, 0.05) is 0 Å². The minimum atomic E-state index is -1.19. The Labute approximate surface area is 115 Å². The van der Waals surface area contributed by atoms with Crippen LogP contribution < -0.4 is 9.47 Å². The van der Waals surface area contributed by atoms with Gasteiger partial charge < -0.3 is 14.6 Å². The third-order valence-electron chi connectivity index (χ3n) is 2.91. The summed E-state index contributed by atoms with van der Waals surface area (Å²) in [5.41, 5.74) is 0.928. The van der Waals surface area contributed by atoms with Crippen molar-refractivity contribution in [1.82, 2.24) is 0 Å². The number of methoxy groups -OCH3 is 2. The van der Waals surface area contributed by atoms with Gasteiger partial charge in [0.1, 0.15) is 5.82 Å². The molecule has 0 fully saturated rings. The number of hydrogen-bond acceptors (Lipinski definition) is 3. The summed E-state index contributed by atoms with van der Waals surface area (Å²) in [6.07, 6.45) is 0. The van der Waals surface area contributed by atoms with E-state index in [-0.39, 0.29) is 5.56 Å². The zero-order valence-electron chi connectivity index (χ0n) is 11.0. The van der Waals surface area contributed by atoms with Crippen LogP contribution in [0, 0.1) is 5.82 Å². The van der Waals surface area contributed by atoms with Crippen LogP contribution in [-0.4, -0.2) is 25.3 Å². The maximum atomic E-state index is 13.2. The summed E-state index contributed by atoms with van der Waals surface area (Å²) < 4.78 is 23.5. The summed E-state index contributed by atoms with van der Waals surface area (Å²) in [6, 6.07) is 8.66. The molecular formula is C15H13FO4. The number of halogens is 1. The summed E-state index contributed by atoms with van der Waals surface area (Å²) in [4.78, 5) is 11.2. The van der Waals surface area contributed by atoms with Crippen molar-refractivity contribution in [3.05, 3.63) is 47.8 Å². The van der Waals surface area contributed by atoms with Gasteiger partial charge in [0.2, 0.25) is 0 Å². The van der Waals surface area contributed by atoms with Crippen LogP contribution in [-0.2, 0) is 0 Å². The fourth-order valence-corrected chi connectivity index (χ4v) is 1.95. The van der Waals surface area contributed by atoms with E-state index in [9.17, 15) is 9.18 Å². The van der Waals surface area contributed by atoms with Crippen LogP contribution in [0.3, 0.4) is 0 Å². The van der Waals surface area contributed by atoms with E-state index in [1.807, 2.05) is 0 Å². The molecule has 2 aromatic carbocycles. The predicted octanol–water partition coefficient (Wildman–Crippen LogP) is 3.21. The van der Waals surface area contributed by atoms with Gasteiger partial charge in [-0.1, -0.05) is 12.1 Å². The van der Waals surface area contributed by atoms with Crippen molar-refractivity contribution in [1.29, 1.82) is 0 Å². The van der Waals surface area contributed by atoms with Gasteiger partial charge in [-0.15, -0.1) is 0 Å². The molecule has 2 aromatic rings. The molecule has 20 heavy (non-hydrogen) atoms. The number of aromatic carboxylic acids is 1. The first-order valence-corrected chi connectivity index (χ1v) is 5.82. The van der Waals surface area contributed by atoms with Crippen LogP contribution in [0.25, 0.3) is 11.1 Å². The molecule has 5 heteroatoms. The van der Waals surface area contributed by atoms with E-state index in [1.54, 1.807) is 18.2 Å². The molecule has 0 aliphatic heterocycles. The molecule has 4 nitrogen and oxygen atoms in total. The van der Waals surface area contributed by atoms with E-state index in [0.29, 0.717) is 22.6 Å². The highest BCUT2D eigenvalue weighted by Gasteiger charge is 2.14. The Morgan fingerprint density at radius 3 is 2.35 bits per heavy atom. The summed E-state index contributed by atoms with van der Waals surface area (Å²) in [7, 11) is 3.00. The topological polar surface area (TPSA) is 55.8 Å². The minimum Gasteiger partial charge on any atom is -0.493 e. The number of benzene rings is 2. The Morgan fingerprint density at radius 1 is 1.05 bits per heavy atom. The molecule has 0 bridgehead atoms. The molecular weight excluding hydrogens is 263 g/mol. The van der Waals surface area contributed by atoms with Crippen molar-refractivity contribution in [2.45, 2.75) is 0 Å². The third kappa shape index (κ3) is 2.56. The molecule has 0 aliphatic rings. The first-order valence-electron chi connectivity index (χ1n) is 5.82. The molecule has 0 saturated carbocycles. The van der Waals surface area contributed by atoms with E-state index in [4.69, 9.17) is 14.6 Å². The van der Waals surface area contributed by atoms with Crippen LogP contribution in [0.2, 0.25) is 0 Å². The standard InChI is InChI=1S/C15H13FO4/c1-19-13-6-3-9(7-14(13)20-2)11-5-4-10(16)8-12(11)15(17)18/h3-8H,1-2H3,(H,17,18). The maximum Gasteiger partial charge on any atom is 0.336 e. The molecule has 0 spiro atoms. The van der Waals surface area contributed by atoms with Crippen molar-refractivity contribution in [2.75, 3.05) is 14.2 Å². The molecule has 0 saturated heterocycles. The monoisotopic (exact) mass is 276 g/mol. The number of carboxylic acid groups (broad SMARTS) is 1. The van der Waals surface area contributed by atoms with Crippen LogP contribution in [0.4, 0.5) is 4.39 Å². The SMILES string of the molecule is COc1ccc(-c2ccc(F)cc2C(=O)O)cc1OC. The number of ether oxygens (including phenoxy) is 2. The summed E-state index contributed by atoms with van der Waals surface area (Å²) >= 11 is 0. The fourth-order valence-electron chi connectivity index (χ4n) is 1.95. The molecule has 0 aliphatic carbocycles. The second-order valence-electron chi connectivity index (χ2n) is 4.06. The largest absolute Gasteiger partial charge is 0.493 e. The highest BCUT2D eigenvalue weighted by Crippen LogP contribution is 2.33. The molecule has 2 rings (SSSR count).